The van der Waals surface area contributed by atoms with E-state index in [1.165, 1.54) is 7.11 Å². The number of aromatic nitrogens is 2. The molecule has 2 aromatic rings. The number of para-hydroxylation sites is 1. The van der Waals surface area contributed by atoms with E-state index in [1.54, 1.807) is 4.57 Å². The van der Waals surface area contributed by atoms with Gasteiger partial charge in [-0.2, -0.15) is 0 Å². The molecule has 0 saturated heterocycles. The maximum absolute atomic E-state index is 11.2. The van der Waals surface area contributed by atoms with Crippen LogP contribution in [-0.4, -0.2) is 29.2 Å². The number of rotatable bonds is 5. The zero-order chi connectivity index (χ0) is 13.8. The van der Waals surface area contributed by atoms with Gasteiger partial charge in [0.2, 0.25) is 5.95 Å². The van der Waals surface area contributed by atoms with Crippen LogP contribution in [0.1, 0.15) is 13.3 Å². The summed E-state index contributed by atoms with van der Waals surface area (Å²) in [5, 5.41) is 0. The molecule has 102 valence electrons. The summed E-state index contributed by atoms with van der Waals surface area (Å²) < 4.78 is 11.9. The quantitative estimate of drug-likeness (QED) is 0.828. The number of hydrogen-bond donors (Lipinski definition) is 1. The summed E-state index contributed by atoms with van der Waals surface area (Å²) in [5.41, 5.74) is 7.46. The Kier molecular flexibility index (Phi) is 3.89. The van der Waals surface area contributed by atoms with Crippen molar-refractivity contribution in [1.29, 1.82) is 0 Å². The van der Waals surface area contributed by atoms with Gasteiger partial charge in [-0.1, -0.05) is 6.07 Å². The number of carbonyl (C=O) groups excluding carboxylic acids is 1. The molecular weight excluding hydrogens is 246 g/mol. The highest BCUT2D eigenvalue weighted by Crippen LogP contribution is 2.27. The molecule has 0 bridgehead atoms. The standard InChI is InChI=1S/C13H17N3O3/c1-3-19-10-6-4-5-9-12(10)15-13(14)16(9)8-7-11(17)18-2/h4-6H,3,7-8H2,1-2H3,(H2,14,15). The van der Waals surface area contributed by atoms with Gasteiger partial charge in [0.1, 0.15) is 11.3 Å². The van der Waals surface area contributed by atoms with Gasteiger partial charge in [0.05, 0.1) is 25.7 Å². The van der Waals surface area contributed by atoms with Gasteiger partial charge < -0.3 is 19.8 Å². The van der Waals surface area contributed by atoms with Crippen molar-refractivity contribution in [3.8, 4) is 5.75 Å². The number of imidazole rings is 1. The minimum atomic E-state index is -0.276. The lowest BCUT2D eigenvalue weighted by Gasteiger charge is -2.06. The van der Waals surface area contributed by atoms with Gasteiger partial charge in [0.15, 0.2) is 0 Å². The topological polar surface area (TPSA) is 79.4 Å². The highest BCUT2D eigenvalue weighted by Gasteiger charge is 2.13. The monoisotopic (exact) mass is 263 g/mol. The molecule has 0 radical (unpaired) electrons. The Bertz CT molecular complexity index is 592. The van der Waals surface area contributed by atoms with E-state index in [0.717, 1.165) is 5.52 Å². The van der Waals surface area contributed by atoms with Crippen LogP contribution in [0.4, 0.5) is 5.95 Å². The molecule has 19 heavy (non-hydrogen) atoms. The molecule has 6 heteroatoms. The van der Waals surface area contributed by atoms with Crippen molar-refractivity contribution < 1.29 is 14.3 Å². The number of esters is 1. The van der Waals surface area contributed by atoms with Crippen molar-refractivity contribution in [3.63, 3.8) is 0 Å². The van der Waals surface area contributed by atoms with Crippen LogP contribution in [0.25, 0.3) is 11.0 Å². The number of ether oxygens (including phenoxy) is 2. The van der Waals surface area contributed by atoms with Gasteiger partial charge in [-0.3, -0.25) is 4.79 Å². The zero-order valence-corrected chi connectivity index (χ0v) is 11.0. The second kappa shape index (κ2) is 5.60. The van der Waals surface area contributed by atoms with Crippen LogP contribution in [0.15, 0.2) is 18.2 Å². The first-order valence-corrected chi connectivity index (χ1v) is 6.11. The molecule has 6 nitrogen and oxygen atoms in total. The summed E-state index contributed by atoms with van der Waals surface area (Å²) in [4.78, 5) is 15.5. The number of hydrogen-bond acceptors (Lipinski definition) is 5. The summed E-state index contributed by atoms with van der Waals surface area (Å²) in [6, 6.07) is 5.63. The predicted molar refractivity (Wildman–Crippen MR) is 71.9 cm³/mol. The van der Waals surface area contributed by atoms with E-state index in [2.05, 4.69) is 9.72 Å². The second-order valence-corrected chi connectivity index (χ2v) is 4.00. The van der Waals surface area contributed by atoms with Crippen LogP contribution in [0.3, 0.4) is 0 Å². The lowest BCUT2D eigenvalue weighted by molar-refractivity contribution is -0.140. The molecule has 0 saturated carbocycles. The summed E-state index contributed by atoms with van der Waals surface area (Å²) in [7, 11) is 1.37. The summed E-state index contributed by atoms with van der Waals surface area (Å²) in [5.74, 6) is 0.789. The first kappa shape index (κ1) is 13.2. The van der Waals surface area contributed by atoms with Crippen molar-refractivity contribution >= 4 is 23.0 Å². The molecule has 0 aliphatic rings. The normalized spacial score (nSPS) is 10.6. The number of nitrogen functional groups attached to an aromatic ring is 1. The first-order chi connectivity index (χ1) is 9.17. The average Bonchev–Trinajstić information content (AvgIpc) is 2.73. The molecule has 1 aromatic heterocycles. The SMILES string of the molecule is CCOc1cccc2c1nc(N)n2CCC(=O)OC. The van der Waals surface area contributed by atoms with E-state index in [4.69, 9.17) is 10.5 Å². The summed E-state index contributed by atoms with van der Waals surface area (Å²) in [6.45, 7) is 2.91. The molecule has 1 aromatic carbocycles. The molecule has 0 spiro atoms. The molecule has 0 unspecified atom stereocenters. The van der Waals surface area contributed by atoms with Crippen molar-refractivity contribution in [3.05, 3.63) is 18.2 Å². The molecule has 1 heterocycles. The number of nitrogens with two attached hydrogens (primary N) is 1. The van der Waals surface area contributed by atoms with Gasteiger partial charge in [0, 0.05) is 6.54 Å². The Morgan fingerprint density at radius 1 is 1.47 bits per heavy atom. The van der Waals surface area contributed by atoms with E-state index in [1.807, 2.05) is 25.1 Å². The molecule has 0 aliphatic carbocycles. The average molecular weight is 263 g/mol. The van der Waals surface area contributed by atoms with E-state index >= 15 is 0 Å². The third kappa shape index (κ3) is 2.62. The van der Waals surface area contributed by atoms with Gasteiger partial charge in [-0.05, 0) is 19.1 Å². The fourth-order valence-electron chi connectivity index (χ4n) is 1.95. The third-order valence-electron chi connectivity index (χ3n) is 2.84. The molecule has 0 atom stereocenters. The fourth-order valence-corrected chi connectivity index (χ4v) is 1.95. The van der Waals surface area contributed by atoms with Crippen molar-refractivity contribution in [1.82, 2.24) is 9.55 Å². The maximum Gasteiger partial charge on any atom is 0.307 e. The number of nitrogens with zero attached hydrogens (tertiary/aromatic N) is 2. The van der Waals surface area contributed by atoms with Crippen LogP contribution in [0, 0.1) is 0 Å². The van der Waals surface area contributed by atoms with E-state index < -0.39 is 0 Å². The van der Waals surface area contributed by atoms with Crippen molar-refractivity contribution in [2.45, 2.75) is 19.9 Å². The minimum Gasteiger partial charge on any atom is -0.492 e. The Morgan fingerprint density at radius 3 is 2.95 bits per heavy atom. The van der Waals surface area contributed by atoms with Crippen LogP contribution < -0.4 is 10.5 Å². The van der Waals surface area contributed by atoms with Crippen LogP contribution in [0.5, 0.6) is 5.75 Å². The molecular formula is C13H17N3O3. The number of benzene rings is 1. The number of fused-ring (bicyclic) bond motifs is 1. The van der Waals surface area contributed by atoms with Crippen molar-refractivity contribution in [2.24, 2.45) is 0 Å². The second-order valence-electron chi connectivity index (χ2n) is 4.00. The smallest absolute Gasteiger partial charge is 0.307 e. The van der Waals surface area contributed by atoms with E-state index in [9.17, 15) is 4.79 Å². The van der Waals surface area contributed by atoms with Gasteiger partial charge in [0.25, 0.3) is 0 Å². The lowest BCUT2D eigenvalue weighted by Crippen LogP contribution is -2.09. The Hall–Kier alpha value is -2.24. The maximum atomic E-state index is 11.2. The highest BCUT2D eigenvalue weighted by molar-refractivity contribution is 5.84. The third-order valence-corrected chi connectivity index (χ3v) is 2.84. The first-order valence-electron chi connectivity index (χ1n) is 6.11. The van der Waals surface area contributed by atoms with Gasteiger partial charge in [-0.25, -0.2) is 4.98 Å². The van der Waals surface area contributed by atoms with Crippen LogP contribution in [0.2, 0.25) is 0 Å². The predicted octanol–water partition coefficient (Wildman–Crippen LogP) is 1.58. The summed E-state index contributed by atoms with van der Waals surface area (Å²) in [6.07, 6.45) is 0.255. The number of methoxy groups -OCH3 is 1. The van der Waals surface area contributed by atoms with Crippen molar-refractivity contribution in [2.75, 3.05) is 19.5 Å². The van der Waals surface area contributed by atoms with Gasteiger partial charge >= 0.3 is 5.97 Å². The van der Waals surface area contributed by atoms with E-state index in [-0.39, 0.29) is 12.4 Å². The van der Waals surface area contributed by atoms with Gasteiger partial charge in [-0.15, -0.1) is 0 Å². The largest absolute Gasteiger partial charge is 0.492 e. The summed E-state index contributed by atoms with van der Waals surface area (Å²) >= 11 is 0. The lowest BCUT2D eigenvalue weighted by atomic mass is 10.3. The number of anilines is 1. The molecule has 2 N–H and O–H groups in total. The number of aryl methyl sites for hydroxylation is 1. The highest BCUT2D eigenvalue weighted by atomic mass is 16.5. The fraction of sp³-hybridized carbons (Fsp3) is 0.385. The van der Waals surface area contributed by atoms with Crippen LogP contribution >= 0.6 is 0 Å². The molecule has 0 amide bonds. The Morgan fingerprint density at radius 2 is 2.26 bits per heavy atom. The molecule has 2 rings (SSSR count). The Labute approximate surface area is 111 Å². The zero-order valence-electron chi connectivity index (χ0n) is 11.0. The van der Waals surface area contributed by atoms with Crippen LogP contribution in [-0.2, 0) is 16.1 Å². The molecule has 0 fully saturated rings. The molecule has 0 aliphatic heterocycles. The number of carbonyl (C=O) groups is 1. The Balaban J connectivity index is 2.36. The minimum absolute atomic E-state index is 0.255. The van der Waals surface area contributed by atoms with E-state index in [0.29, 0.717) is 30.4 Å².